The van der Waals surface area contributed by atoms with Crippen LogP contribution < -0.4 is 0 Å². The van der Waals surface area contributed by atoms with E-state index in [1.54, 1.807) is 29.2 Å². The van der Waals surface area contributed by atoms with Gasteiger partial charge < -0.3 is 9.67 Å². The number of benzene rings is 1. The van der Waals surface area contributed by atoms with Gasteiger partial charge in [-0.15, -0.1) is 11.6 Å². The van der Waals surface area contributed by atoms with Crippen molar-refractivity contribution in [2.75, 3.05) is 0 Å². The molecule has 0 saturated heterocycles. The van der Waals surface area contributed by atoms with Gasteiger partial charge in [0.05, 0.1) is 18.0 Å². The predicted molar refractivity (Wildman–Crippen MR) is 60.2 cm³/mol. The van der Waals surface area contributed by atoms with E-state index >= 15 is 0 Å². The second-order valence-electron chi connectivity index (χ2n) is 3.05. The summed E-state index contributed by atoms with van der Waals surface area (Å²) in [7, 11) is 0. The quantitative estimate of drug-likeness (QED) is 0.823. The largest absolute Gasteiger partial charge is 0.507 e. The van der Waals surface area contributed by atoms with Crippen LogP contribution in [0.15, 0.2) is 30.7 Å². The molecule has 0 bridgehead atoms. The lowest BCUT2D eigenvalue weighted by molar-refractivity contribution is 0.477. The maximum atomic E-state index is 9.63. The standard InChI is InChI=1S/C10H8Cl2N2O/c11-5-14-4-9(13-6-14)8-3-7(12)1-2-10(8)15/h1-4,6,15H,5H2. The van der Waals surface area contributed by atoms with Crippen LogP contribution in [0.4, 0.5) is 0 Å². The van der Waals surface area contributed by atoms with Crippen molar-refractivity contribution >= 4 is 23.2 Å². The van der Waals surface area contributed by atoms with Crippen molar-refractivity contribution in [2.24, 2.45) is 0 Å². The SMILES string of the molecule is Oc1ccc(Cl)cc1-c1cn(CCl)cn1. The van der Waals surface area contributed by atoms with Gasteiger partial charge in [-0.05, 0) is 18.2 Å². The van der Waals surface area contributed by atoms with E-state index < -0.39 is 0 Å². The second kappa shape index (κ2) is 4.13. The predicted octanol–water partition coefficient (Wildman–Crippen LogP) is 3.11. The molecule has 0 saturated carbocycles. The highest BCUT2D eigenvalue weighted by Crippen LogP contribution is 2.30. The summed E-state index contributed by atoms with van der Waals surface area (Å²) in [6, 6.07) is 5.16. The van der Waals surface area contributed by atoms with Gasteiger partial charge in [-0.25, -0.2) is 4.98 Å². The highest BCUT2D eigenvalue weighted by Gasteiger charge is 2.07. The van der Waals surface area contributed by atoms with E-state index in [9.17, 15) is 5.11 Å². The third-order valence-corrected chi connectivity index (χ3v) is 2.52. The maximum Gasteiger partial charge on any atom is 0.125 e. The van der Waals surface area contributed by atoms with E-state index in [0.29, 0.717) is 22.3 Å². The summed E-state index contributed by atoms with van der Waals surface area (Å²) < 4.78 is 1.71. The van der Waals surface area contributed by atoms with Gasteiger partial charge in [0.2, 0.25) is 0 Å². The van der Waals surface area contributed by atoms with Crippen molar-refractivity contribution in [3.05, 3.63) is 35.7 Å². The van der Waals surface area contributed by atoms with Crippen LogP contribution in [0.1, 0.15) is 0 Å². The van der Waals surface area contributed by atoms with Crippen molar-refractivity contribution in [3.63, 3.8) is 0 Å². The van der Waals surface area contributed by atoms with Crippen LogP contribution in [-0.2, 0) is 6.00 Å². The fourth-order valence-electron chi connectivity index (χ4n) is 1.28. The number of nitrogens with zero attached hydrogens (tertiary/aromatic N) is 2. The topological polar surface area (TPSA) is 38.0 Å². The number of hydrogen-bond acceptors (Lipinski definition) is 2. The average Bonchev–Trinajstić information content (AvgIpc) is 2.70. The molecule has 0 aliphatic heterocycles. The van der Waals surface area contributed by atoms with E-state index in [1.807, 2.05) is 0 Å². The number of rotatable bonds is 2. The number of aromatic hydroxyl groups is 1. The summed E-state index contributed by atoms with van der Waals surface area (Å²) in [4.78, 5) is 4.12. The van der Waals surface area contributed by atoms with Crippen molar-refractivity contribution in [3.8, 4) is 17.0 Å². The molecule has 0 spiro atoms. The Bertz CT molecular complexity index is 482. The molecule has 5 heteroatoms. The Balaban J connectivity index is 2.48. The first-order chi connectivity index (χ1) is 7.20. The molecule has 0 atom stereocenters. The summed E-state index contributed by atoms with van der Waals surface area (Å²) in [6.45, 7) is 0. The first kappa shape index (κ1) is 10.3. The van der Waals surface area contributed by atoms with Crippen LogP contribution in [0.5, 0.6) is 5.75 Å². The van der Waals surface area contributed by atoms with Gasteiger partial charge in [-0.2, -0.15) is 0 Å². The normalized spacial score (nSPS) is 10.5. The molecule has 1 heterocycles. The van der Waals surface area contributed by atoms with Gasteiger partial charge in [-0.1, -0.05) is 11.6 Å². The minimum atomic E-state index is 0.152. The number of alkyl halides is 1. The lowest BCUT2D eigenvalue weighted by Crippen LogP contribution is -1.84. The fourth-order valence-corrected chi connectivity index (χ4v) is 1.58. The summed E-state index contributed by atoms with van der Waals surface area (Å²) in [6.07, 6.45) is 3.35. The highest BCUT2D eigenvalue weighted by molar-refractivity contribution is 6.30. The molecule has 0 radical (unpaired) electrons. The minimum Gasteiger partial charge on any atom is -0.507 e. The number of phenols is 1. The molecule has 1 aromatic carbocycles. The number of phenolic OH excluding ortho intramolecular Hbond substituents is 1. The fraction of sp³-hybridized carbons (Fsp3) is 0.100. The summed E-state index contributed by atoms with van der Waals surface area (Å²) in [5, 5.41) is 10.2. The highest BCUT2D eigenvalue weighted by atomic mass is 35.5. The molecule has 2 rings (SSSR count). The number of halogens is 2. The first-order valence-corrected chi connectivity index (χ1v) is 5.18. The molecule has 3 nitrogen and oxygen atoms in total. The molecule has 1 N–H and O–H groups in total. The third-order valence-electron chi connectivity index (χ3n) is 2.01. The van der Waals surface area contributed by atoms with Gasteiger partial charge in [0, 0.05) is 16.8 Å². The Hall–Kier alpha value is -1.19. The van der Waals surface area contributed by atoms with Crippen LogP contribution >= 0.6 is 23.2 Å². The van der Waals surface area contributed by atoms with Crippen molar-refractivity contribution < 1.29 is 5.11 Å². The molecule has 0 aliphatic rings. The summed E-state index contributed by atoms with van der Waals surface area (Å²) >= 11 is 11.5. The van der Waals surface area contributed by atoms with Crippen molar-refractivity contribution in [1.82, 2.24) is 9.55 Å². The Morgan fingerprint density at radius 1 is 1.40 bits per heavy atom. The van der Waals surface area contributed by atoms with Crippen LogP contribution in [0, 0.1) is 0 Å². The Morgan fingerprint density at radius 3 is 2.87 bits per heavy atom. The zero-order valence-corrected chi connectivity index (χ0v) is 9.20. The number of aromatic nitrogens is 2. The van der Waals surface area contributed by atoms with Crippen LogP contribution in [0.3, 0.4) is 0 Å². The monoisotopic (exact) mass is 242 g/mol. The molecule has 1 aromatic heterocycles. The Labute approximate surface area is 96.9 Å². The van der Waals surface area contributed by atoms with E-state index in [4.69, 9.17) is 23.2 Å². The minimum absolute atomic E-state index is 0.152. The zero-order chi connectivity index (χ0) is 10.8. The molecular formula is C10H8Cl2N2O. The lowest BCUT2D eigenvalue weighted by atomic mass is 10.1. The molecule has 0 aliphatic carbocycles. The summed E-state index contributed by atoms with van der Waals surface area (Å²) in [5.74, 6) is 0.152. The van der Waals surface area contributed by atoms with Crippen LogP contribution in [0.25, 0.3) is 11.3 Å². The molecule has 0 unspecified atom stereocenters. The number of hydrogen-bond donors (Lipinski definition) is 1. The summed E-state index contributed by atoms with van der Waals surface area (Å²) in [5.41, 5.74) is 1.25. The molecule has 78 valence electrons. The average molecular weight is 243 g/mol. The lowest BCUT2D eigenvalue weighted by Gasteiger charge is -2.01. The van der Waals surface area contributed by atoms with Gasteiger partial charge in [-0.3, -0.25) is 0 Å². The Kier molecular flexibility index (Phi) is 2.84. The first-order valence-electron chi connectivity index (χ1n) is 4.27. The van der Waals surface area contributed by atoms with Crippen molar-refractivity contribution in [2.45, 2.75) is 6.00 Å². The smallest absolute Gasteiger partial charge is 0.125 e. The molecule has 2 aromatic rings. The zero-order valence-electron chi connectivity index (χ0n) is 7.69. The van der Waals surface area contributed by atoms with E-state index in [1.165, 1.54) is 6.07 Å². The van der Waals surface area contributed by atoms with Crippen molar-refractivity contribution in [1.29, 1.82) is 0 Å². The molecule has 0 fully saturated rings. The maximum absolute atomic E-state index is 9.63. The van der Waals surface area contributed by atoms with Crippen LogP contribution in [-0.4, -0.2) is 14.7 Å². The Morgan fingerprint density at radius 2 is 2.20 bits per heavy atom. The second-order valence-corrected chi connectivity index (χ2v) is 3.73. The third kappa shape index (κ3) is 2.08. The van der Waals surface area contributed by atoms with E-state index in [-0.39, 0.29) is 5.75 Å². The molecule has 15 heavy (non-hydrogen) atoms. The van der Waals surface area contributed by atoms with Gasteiger partial charge >= 0.3 is 0 Å². The van der Waals surface area contributed by atoms with E-state index in [0.717, 1.165) is 0 Å². The van der Waals surface area contributed by atoms with Gasteiger partial charge in [0.25, 0.3) is 0 Å². The van der Waals surface area contributed by atoms with Gasteiger partial charge in [0.15, 0.2) is 0 Å². The van der Waals surface area contributed by atoms with E-state index in [2.05, 4.69) is 4.98 Å². The van der Waals surface area contributed by atoms with Gasteiger partial charge in [0.1, 0.15) is 5.75 Å². The van der Waals surface area contributed by atoms with Crippen LogP contribution in [0.2, 0.25) is 5.02 Å². The molecule has 0 amide bonds. The molecular weight excluding hydrogens is 235 g/mol. The number of imidazole rings is 1.